The van der Waals surface area contributed by atoms with Crippen molar-refractivity contribution in [2.24, 2.45) is 0 Å². The molecule has 0 aliphatic heterocycles. The first-order valence-corrected chi connectivity index (χ1v) is 12.1. The van der Waals surface area contributed by atoms with E-state index in [0.717, 1.165) is 5.56 Å². The van der Waals surface area contributed by atoms with Gasteiger partial charge in [-0.1, -0.05) is 48.5 Å². The molecule has 2 unspecified atom stereocenters. The standard InChI is InChI=1S/C29H35NO6/c1-22(17-23-13-15-24(16-14-23)29(33)34-2)30(18-25(31)20-35-27-9-5-3-6-10-27)19-26(32)21-36-28-11-7-4-8-12-28/h3-16,22,25-26,31-32H,17-21H2,1-2H3/t22-,25?,26?/m1/s1. The number of para-hydroxylation sites is 2. The molecule has 0 saturated heterocycles. The van der Waals surface area contributed by atoms with E-state index in [1.54, 1.807) is 12.1 Å². The summed E-state index contributed by atoms with van der Waals surface area (Å²) in [6, 6.07) is 26.0. The zero-order chi connectivity index (χ0) is 25.8. The van der Waals surface area contributed by atoms with Crippen LogP contribution in [0.15, 0.2) is 84.9 Å². The molecule has 0 spiro atoms. The number of esters is 1. The Morgan fingerprint density at radius 1 is 0.778 bits per heavy atom. The second-order valence-electron chi connectivity index (χ2n) is 8.75. The maximum atomic E-state index is 11.7. The number of carbonyl (C=O) groups excluding carboxylic acids is 1. The number of hydrogen-bond acceptors (Lipinski definition) is 7. The van der Waals surface area contributed by atoms with Crippen molar-refractivity contribution >= 4 is 5.97 Å². The molecule has 0 bridgehead atoms. The lowest BCUT2D eigenvalue weighted by molar-refractivity contribution is 0.0167. The van der Waals surface area contributed by atoms with Crippen LogP contribution in [0.5, 0.6) is 11.5 Å². The minimum atomic E-state index is -0.753. The van der Waals surface area contributed by atoms with Crippen LogP contribution in [0.3, 0.4) is 0 Å². The molecule has 7 heteroatoms. The van der Waals surface area contributed by atoms with Gasteiger partial charge in [0, 0.05) is 19.1 Å². The third-order valence-corrected chi connectivity index (χ3v) is 5.79. The van der Waals surface area contributed by atoms with Crippen molar-refractivity contribution in [1.82, 2.24) is 4.90 Å². The Labute approximate surface area is 212 Å². The van der Waals surface area contributed by atoms with Crippen molar-refractivity contribution in [3.8, 4) is 11.5 Å². The first-order valence-electron chi connectivity index (χ1n) is 12.1. The summed E-state index contributed by atoms with van der Waals surface area (Å²) in [6.07, 6.45) is -0.840. The minimum absolute atomic E-state index is 0.00766. The van der Waals surface area contributed by atoms with Crippen LogP contribution in [0.4, 0.5) is 0 Å². The molecule has 0 saturated carbocycles. The van der Waals surface area contributed by atoms with Gasteiger partial charge in [-0.3, -0.25) is 4.90 Å². The van der Waals surface area contributed by atoms with Crippen molar-refractivity contribution in [2.45, 2.75) is 31.6 Å². The zero-order valence-electron chi connectivity index (χ0n) is 20.8. The topological polar surface area (TPSA) is 88.5 Å². The van der Waals surface area contributed by atoms with E-state index in [2.05, 4.69) is 0 Å². The van der Waals surface area contributed by atoms with Gasteiger partial charge in [0.1, 0.15) is 36.9 Å². The Balaban J connectivity index is 1.61. The minimum Gasteiger partial charge on any atom is -0.491 e. The van der Waals surface area contributed by atoms with Crippen molar-refractivity contribution < 1.29 is 29.2 Å². The van der Waals surface area contributed by atoms with Crippen LogP contribution in [-0.4, -0.2) is 72.7 Å². The molecular formula is C29H35NO6. The number of aliphatic hydroxyl groups is 2. The highest BCUT2D eigenvalue weighted by Crippen LogP contribution is 2.15. The third kappa shape index (κ3) is 9.00. The SMILES string of the molecule is COC(=O)c1ccc(C[C@@H](C)N(CC(O)COc2ccccc2)CC(O)COc2ccccc2)cc1. The molecule has 36 heavy (non-hydrogen) atoms. The van der Waals surface area contributed by atoms with Crippen molar-refractivity contribution in [3.63, 3.8) is 0 Å². The van der Waals surface area contributed by atoms with Gasteiger partial charge in [0.05, 0.1) is 12.7 Å². The summed E-state index contributed by atoms with van der Waals surface area (Å²) in [4.78, 5) is 13.8. The predicted molar refractivity (Wildman–Crippen MR) is 138 cm³/mol. The summed E-state index contributed by atoms with van der Waals surface area (Å²) in [5.74, 6) is 1.01. The second-order valence-corrected chi connectivity index (χ2v) is 8.75. The molecule has 0 heterocycles. The van der Waals surface area contributed by atoms with Crippen LogP contribution in [-0.2, 0) is 11.2 Å². The molecule has 0 radical (unpaired) electrons. The van der Waals surface area contributed by atoms with E-state index in [1.807, 2.05) is 84.6 Å². The molecule has 3 atom stereocenters. The summed E-state index contributed by atoms with van der Waals surface area (Å²) in [7, 11) is 1.36. The fourth-order valence-corrected chi connectivity index (χ4v) is 3.86. The Hall–Kier alpha value is -3.39. The van der Waals surface area contributed by atoms with E-state index >= 15 is 0 Å². The largest absolute Gasteiger partial charge is 0.491 e. The number of methoxy groups -OCH3 is 1. The van der Waals surface area contributed by atoms with Gasteiger partial charge in [-0.15, -0.1) is 0 Å². The van der Waals surface area contributed by atoms with Gasteiger partial charge in [0.2, 0.25) is 0 Å². The maximum Gasteiger partial charge on any atom is 0.337 e. The summed E-state index contributed by atoms with van der Waals surface area (Å²) in [5.41, 5.74) is 1.53. The van der Waals surface area contributed by atoms with E-state index < -0.39 is 12.2 Å². The van der Waals surface area contributed by atoms with Gasteiger partial charge in [-0.25, -0.2) is 4.79 Å². The number of rotatable bonds is 14. The van der Waals surface area contributed by atoms with Crippen LogP contribution in [0.25, 0.3) is 0 Å². The first-order chi connectivity index (χ1) is 17.4. The van der Waals surface area contributed by atoms with Gasteiger partial charge in [0.15, 0.2) is 0 Å². The van der Waals surface area contributed by atoms with E-state index in [-0.39, 0.29) is 25.2 Å². The predicted octanol–water partition coefficient (Wildman–Crippen LogP) is 3.59. The quantitative estimate of drug-likeness (QED) is 0.332. The van der Waals surface area contributed by atoms with E-state index in [0.29, 0.717) is 36.6 Å². The molecule has 0 aliphatic rings. The number of ether oxygens (including phenoxy) is 3. The molecule has 2 N–H and O–H groups in total. The van der Waals surface area contributed by atoms with Gasteiger partial charge in [-0.05, 0) is 55.3 Å². The highest BCUT2D eigenvalue weighted by molar-refractivity contribution is 5.89. The lowest BCUT2D eigenvalue weighted by Crippen LogP contribution is -2.46. The van der Waals surface area contributed by atoms with E-state index in [4.69, 9.17) is 14.2 Å². The summed E-state index contributed by atoms with van der Waals surface area (Å²) in [6.45, 7) is 2.95. The average molecular weight is 494 g/mol. The van der Waals surface area contributed by atoms with Gasteiger partial charge >= 0.3 is 5.97 Å². The number of benzene rings is 3. The third-order valence-electron chi connectivity index (χ3n) is 5.79. The Morgan fingerprint density at radius 3 is 1.69 bits per heavy atom. The fraction of sp³-hybridized carbons (Fsp3) is 0.345. The molecule has 0 amide bonds. The molecule has 0 aromatic heterocycles. The van der Waals surface area contributed by atoms with Crippen molar-refractivity contribution in [2.75, 3.05) is 33.4 Å². The average Bonchev–Trinajstić information content (AvgIpc) is 2.91. The summed E-state index contributed by atoms with van der Waals surface area (Å²) in [5, 5.41) is 21.4. The van der Waals surface area contributed by atoms with Crippen LogP contribution >= 0.6 is 0 Å². The number of carbonyl (C=O) groups is 1. The maximum absolute atomic E-state index is 11.7. The normalized spacial score (nSPS) is 13.6. The lowest BCUT2D eigenvalue weighted by Gasteiger charge is -2.32. The van der Waals surface area contributed by atoms with Crippen LogP contribution in [0, 0.1) is 0 Å². The zero-order valence-corrected chi connectivity index (χ0v) is 20.8. The number of hydrogen-bond donors (Lipinski definition) is 2. The van der Waals surface area contributed by atoms with Crippen LogP contribution in [0.2, 0.25) is 0 Å². The van der Waals surface area contributed by atoms with Gasteiger partial charge < -0.3 is 24.4 Å². The fourth-order valence-electron chi connectivity index (χ4n) is 3.86. The summed E-state index contributed by atoms with van der Waals surface area (Å²) >= 11 is 0. The Kier molecular flexibility index (Phi) is 10.8. The molecule has 3 rings (SSSR count). The monoisotopic (exact) mass is 493 g/mol. The van der Waals surface area contributed by atoms with Crippen molar-refractivity contribution in [1.29, 1.82) is 0 Å². The number of aliphatic hydroxyl groups excluding tert-OH is 2. The molecular weight excluding hydrogens is 458 g/mol. The van der Waals surface area contributed by atoms with Crippen LogP contribution in [0.1, 0.15) is 22.8 Å². The molecule has 0 fully saturated rings. The Morgan fingerprint density at radius 2 is 1.25 bits per heavy atom. The molecule has 3 aromatic rings. The molecule has 0 aliphatic carbocycles. The van der Waals surface area contributed by atoms with E-state index in [9.17, 15) is 15.0 Å². The molecule has 192 valence electrons. The highest BCUT2D eigenvalue weighted by atomic mass is 16.5. The summed E-state index contributed by atoms with van der Waals surface area (Å²) < 4.78 is 16.2. The Bertz CT molecular complexity index is 977. The van der Waals surface area contributed by atoms with Crippen molar-refractivity contribution in [3.05, 3.63) is 96.1 Å². The molecule has 3 aromatic carbocycles. The van der Waals surface area contributed by atoms with Gasteiger partial charge in [0.25, 0.3) is 0 Å². The number of nitrogens with zero attached hydrogens (tertiary/aromatic N) is 1. The lowest BCUT2D eigenvalue weighted by atomic mass is 10.0. The smallest absolute Gasteiger partial charge is 0.337 e. The first kappa shape index (κ1) is 27.2. The van der Waals surface area contributed by atoms with Gasteiger partial charge in [-0.2, -0.15) is 0 Å². The second kappa shape index (κ2) is 14.2. The highest BCUT2D eigenvalue weighted by Gasteiger charge is 2.22. The molecule has 7 nitrogen and oxygen atoms in total. The van der Waals surface area contributed by atoms with Crippen LogP contribution < -0.4 is 9.47 Å². The van der Waals surface area contributed by atoms with E-state index in [1.165, 1.54) is 7.11 Å².